The van der Waals surface area contributed by atoms with Gasteiger partial charge in [-0.25, -0.2) is 10.0 Å². The Kier molecular flexibility index (Phi) is 9.77. The summed E-state index contributed by atoms with van der Waals surface area (Å²) in [5.41, 5.74) is 0. The van der Waals surface area contributed by atoms with Crippen LogP contribution in [0.3, 0.4) is 0 Å². The summed E-state index contributed by atoms with van der Waals surface area (Å²) in [5.74, 6) is 0. The molecule has 0 spiro atoms. The van der Waals surface area contributed by atoms with Gasteiger partial charge in [-0.15, -0.1) is 0 Å². The summed E-state index contributed by atoms with van der Waals surface area (Å²) in [7, 11) is 0. The Balaban J connectivity index is 0. The van der Waals surface area contributed by atoms with Crippen molar-refractivity contribution in [1.29, 1.82) is 0 Å². The van der Waals surface area contributed by atoms with Crippen LogP contribution in [0.25, 0.3) is 0 Å². The molecule has 0 amide bonds. The molecule has 0 radical (unpaired) electrons. The highest BCUT2D eigenvalue weighted by atomic mass is 16.0. The first-order valence-electron chi connectivity index (χ1n) is 4.29. The van der Waals surface area contributed by atoms with Gasteiger partial charge in [0.2, 0.25) is 0 Å². The Labute approximate surface area is 70.3 Å². The van der Waals surface area contributed by atoms with Gasteiger partial charge in [0, 0.05) is 26.2 Å². The molecule has 0 aromatic heterocycles. The minimum Gasteiger partial charge on any atom is -0.412 e. The SMILES string of the molecule is CCN(CC)N(CC)CC.O. The maximum absolute atomic E-state index is 2.36. The standard InChI is InChI=1S/C8H20N2.H2O/c1-5-9(6-2)10(7-3)8-4;/h5-8H2,1-4H3;1H2. The van der Waals surface area contributed by atoms with E-state index in [1.807, 2.05) is 0 Å². The molecule has 0 aromatic rings. The highest BCUT2D eigenvalue weighted by Crippen LogP contribution is 1.95. The van der Waals surface area contributed by atoms with Gasteiger partial charge in [0.05, 0.1) is 0 Å². The van der Waals surface area contributed by atoms with E-state index in [2.05, 4.69) is 37.7 Å². The van der Waals surface area contributed by atoms with E-state index in [9.17, 15) is 0 Å². The lowest BCUT2D eigenvalue weighted by molar-refractivity contribution is -0.00652. The van der Waals surface area contributed by atoms with Gasteiger partial charge in [-0.1, -0.05) is 27.7 Å². The highest BCUT2D eigenvalue weighted by Gasteiger charge is 2.05. The van der Waals surface area contributed by atoms with Crippen molar-refractivity contribution in [2.75, 3.05) is 26.2 Å². The summed E-state index contributed by atoms with van der Waals surface area (Å²) in [6.45, 7) is 13.3. The molecule has 0 heterocycles. The van der Waals surface area contributed by atoms with E-state index >= 15 is 0 Å². The fourth-order valence-corrected chi connectivity index (χ4v) is 1.25. The molecule has 0 saturated carbocycles. The molecule has 3 heteroatoms. The quantitative estimate of drug-likeness (QED) is 0.560. The van der Waals surface area contributed by atoms with Crippen LogP contribution in [0.1, 0.15) is 27.7 Å². The van der Waals surface area contributed by atoms with Crippen LogP contribution in [0.15, 0.2) is 0 Å². The second-order valence-corrected chi connectivity index (χ2v) is 2.28. The van der Waals surface area contributed by atoms with Crippen molar-refractivity contribution >= 4 is 0 Å². The Morgan fingerprint density at radius 1 is 0.636 bits per heavy atom. The zero-order valence-corrected chi connectivity index (χ0v) is 8.22. The van der Waals surface area contributed by atoms with Crippen LogP contribution < -0.4 is 0 Å². The predicted octanol–water partition coefficient (Wildman–Crippen LogP) is 0.760. The first-order chi connectivity index (χ1) is 4.79. The molecule has 0 aliphatic carbocycles. The fraction of sp³-hybridized carbons (Fsp3) is 1.00. The molecule has 0 fully saturated rings. The van der Waals surface area contributed by atoms with Crippen LogP contribution in [0.5, 0.6) is 0 Å². The van der Waals surface area contributed by atoms with Crippen molar-refractivity contribution in [3.8, 4) is 0 Å². The van der Waals surface area contributed by atoms with Gasteiger partial charge in [-0.2, -0.15) is 0 Å². The maximum atomic E-state index is 2.36. The molecule has 2 N–H and O–H groups in total. The van der Waals surface area contributed by atoms with Gasteiger partial charge in [-0.05, 0) is 0 Å². The molecular weight excluding hydrogens is 140 g/mol. The normalized spacial score (nSPS) is 10.4. The molecule has 0 aliphatic rings. The van der Waals surface area contributed by atoms with Crippen LogP contribution in [-0.4, -0.2) is 41.7 Å². The molecule has 0 aromatic carbocycles. The minimum atomic E-state index is 0. The van der Waals surface area contributed by atoms with Crippen molar-refractivity contribution in [2.24, 2.45) is 0 Å². The molecule has 3 nitrogen and oxygen atoms in total. The lowest BCUT2D eigenvalue weighted by Crippen LogP contribution is -2.42. The fourth-order valence-electron chi connectivity index (χ4n) is 1.25. The van der Waals surface area contributed by atoms with Crippen LogP contribution in [0.4, 0.5) is 0 Å². The average Bonchev–Trinajstić information content (AvgIpc) is 2.00. The third-order valence-corrected chi connectivity index (χ3v) is 1.86. The van der Waals surface area contributed by atoms with Gasteiger partial charge in [0.1, 0.15) is 0 Å². The molecule has 0 saturated heterocycles. The van der Waals surface area contributed by atoms with Gasteiger partial charge in [-0.3, -0.25) is 0 Å². The first kappa shape index (κ1) is 13.5. The van der Waals surface area contributed by atoms with Crippen LogP contribution >= 0.6 is 0 Å². The number of hydrogen-bond acceptors (Lipinski definition) is 2. The molecule has 11 heavy (non-hydrogen) atoms. The minimum absolute atomic E-state index is 0. The Bertz CT molecular complexity index is 60.5. The monoisotopic (exact) mass is 162 g/mol. The summed E-state index contributed by atoms with van der Waals surface area (Å²) in [6.07, 6.45) is 0. The highest BCUT2D eigenvalue weighted by molar-refractivity contribution is 4.48. The summed E-state index contributed by atoms with van der Waals surface area (Å²) in [4.78, 5) is 0. The van der Waals surface area contributed by atoms with Gasteiger partial charge < -0.3 is 5.48 Å². The summed E-state index contributed by atoms with van der Waals surface area (Å²) < 4.78 is 0. The second kappa shape index (κ2) is 7.98. The zero-order chi connectivity index (χ0) is 7.98. The molecule has 0 unspecified atom stereocenters. The van der Waals surface area contributed by atoms with Gasteiger partial charge in [0.15, 0.2) is 0 Å². The number of hydrogen-bond donors (Lipinski definition) is 0. The molecule has 70 valence electrons. The van der Waals surface area contributed by atoms with E-state index in [1.54, 1.807) is 0 Å². The van der Waals surface area contributed by atoms with Crippen LogP contribution in [0.2, 0.25) is 0 Å². The van der Waals surface area contributed by atoms with Gasteiger partial charge >= 0.3 is 0 Å². The van der Waals surface area contributed by atoms with E-state index in [0.29, 0.717) is 0 Å². The second-order valence-electron chi connectivity index (χ2n) is 2.28. The van der Waals surface area contributed by atoms with Crippen molar-refractivity contribution in [3.63, 3.8) is 0 Å². The zero-order valence-electron chi connectivity index (χ0n) is 8.22. The van der Waals surface area contributed by atoms with Crippen LogP contribution in [-0.2, 0) is 0 Å². The third kappa shape index (κ3) is 4.35. The number of hydrazine groups is 1. The number of rotatable bonds is 5. The largest absolute Gasteiger partial charge is 0.412 e. The van der Waals surface area contributed by atoms with E-state index in [1.165, 1.54) is 0 Å². The molecule has 0 rings (SSSR count). The Hall–Kier alpha value is -0.120. The Morgan fingerprint density at radius 3 is 0.909 bits per heavy atom. The topological polar surface area (TPSA) is 38.0 Å². The summed E-state index contributed by atoms with van der Waals surface area (Å²) in [5, 5.41) is 4.72. The van der Waals surface area contributed by atoms with Crippen molar-refractivity contribution < 1.29 is 5.48 Å². The van der Waals surface area contributed by atoms with E-state index in [0.717, 1.165) is 26.2 Å². The van der Waals surface area contributed by atoms with E-state index in [4.69, 9.17) is 0 Å². The van der Waals surface area contributed by atoms with E-state index in [-0.39, 0.29) is 5.48 Å². The number of nitrogens with zero attached hydrogens (tertiary/aromatic N) is 2. The van der Waals surface area contributed by atoms with E-state index < -0.39 is 0 Å². The first-order valence-corrected chi connectivity index (χ1v) is 4.29. The molecule has 0 bridgehead atoms. The maximum Gasteiger partial charge on any atom is 0.0104 e. The third-order valence-electron chi connectivity index (χ3n) is 1.86. The Morgan fingerprint density at radius 2 is 0.818 bits per heavy atom. The smallest absolute Gasteiger partial charge is 0.0104 e. The lowest BCUT2D eigenvalue weighted by Gasteiger charge is -2.31. The molecular formula is C8H22N2O. The lowest BCUT2D eigenvalue weighted by atomic mass is 10.5. The van der Waals surface area contributed by atoms with Crippen molar-refractivity contribution in [3.05, 3.63) is 0 Å². The summed E-state index contributed by atoms with van der Waals surface area (Å²) >= 11 is 0. The predicted molar refractivity (Wildman–Crippen MR) is 49.5 cm³/mol. The summed E-state index contributed by atoms with van der Waals surface area (Å²) in [6, 6.07) is 0. The van der Waals surface area contributed by atoms with Crippen LogP contribution in [0, 0.1) is 0 Å². The van der Waals surface area contributed by atoms with Crippen molar-refractivity contribution in [1.82, 2.24) is 10.0 Å². The molecule has 0 aliphatic heterocycles. The molecule has 0 atom stereocenters. The average molecular weight is 162 g/mol. The van der Waals surface area contributed by atoms with Crippen molar-refractivity contribution in [2.45, 2.75) is 27.7 Å². The van der Waals surface area contributed by atoms with Gasteiger partial charge in [0.25, 0.3) is 0 Å².